The second-order valence-corrected chi connectivity index (χ2v) is 23.5. The predicted octanol–water partition coefficient (Wildman–Crippen LogP) is 22.3. The van der Waals surface area contributed by atoms with E-state index in [0.29, 0.717) is 11.8 Å². The van der Waals surface area contributed by atoms with Gasteiger partial charge in [0.25, 0.3) is 0 Å². The van der Waals surface area contributed by atoms with Gasteiger partial charge in [-0.25, -0.2) is 9.97 Å². The Labute approximate surface area is 502 Å². The summed E-state index contributed by atoms with van der Waals surface area (Å²) in [5.74, 6) is 0.984. The van der Waals surface area contributed by atoms with Gasteiger partial charge in [0.05, 0.1) is 28.1 Å². The van der Waals surface area contributed by atoms with E-state index in [-0.39, 0.29) is 0 Å². The Kier molecular flexibility index (Phi) is 13.0. The fourth-order valence-electron chi connectivity index (χ4n) is 13.4. The van der Waals surface area contributed by atoms with Crippen LogP contribution in [0.25, 0.3) is 145 Å². The quantitative estimate of drug-likeness (QED) is 0.166. The summed E-state index contributed by atoms with van der Waals surface area (Å²) in [7, 11) is 0. The van der Waals surface area contributed by atoms with Crippen molar-refractivity contribution in [2.75, 3.05) is 0 Å². The highest BCUT2D eigenvalue weighted by Crippen LogP contribution is 2.44. The van der Waals surface area contributed by atoms with Crippen molar-refractivity contribution in [3.63, 3.8) is 0 Å². The van der Waals surface area contributed by atoms with Crippen LogP contribution in [-0.2, 0) is 0 Å². The van der Waals surface area contributed by atoms with Crippen molar-refractivity contribution in [1.29, 1.82) is 0 Å². The number of nitrogens with zero attached hydrogens (tertiary/aromatic N) is 3. The number of hydrogen-bond donors (Lipinski definition) is 0. The summed E-state index contributed by atoms with van der Waals surface area (Å²) >= 11 is 0. The molecule has 0 saturated heterocycles. The van der Waals surface area contributed by atoms with Gasteiger partial charge in [0.15, 0.2) is 0 Å². The van der Waals surface area contributed by atoms with Crippen molar-refractivity contribution in [1.82, 2.24) is 15.0 Å². The number of benzene rings is 11. The minimum Gasteiger partial charge on any atom is -0.256 e. The lowest BCUT2D eigenvalue weighted by Crippen LogP contribution is -2.12. The highest BCUT2D eigenvalue weighted by Gasteiger charge is 2.25. The lowest BCUT2D eigenvalue weighted by molar-refractivity contribution is 0.396. The Hall–Kier alpha value is -10.6. The minimum absolute atomic E-state index is 0.458. The molecule has 10 heterocycles. The Morgan fingerprint density at radius 2 is 0.523 bits per heavy atom. The fraction of sp³-hybridized carbons (Fsp3) is 0.0723. The van der Waals surface area contributed by atoms with E-state index >= 15 is 0 Å². The summed E-state index contributed by atoms with van der Waals surface area (Å²) in [4.78, 5) is 15.3. The first kappa shape index (κ1) is 51.1. The Balaban J connectivity index is 0.771. The van der Waals surface area contributed by atoms with E-state index in [4.69, 9.17) is 9.97 Å². The Morgan fingerprint density at radius 1 is 0.209 bits per heavy atom. The summed E-state index contributed by atoms with van der Waals surface area (Å²) < 4.78 is 0. The lowest BCUT2D eigenvalue weighted by atomic mass is 9.75. The van der Waals surface area contributed by atoms with E-state index in [1.807, 2.05) is 12.3 Å². The molecule has 1 fully saturated rings. The van der Waals surface area contributed by atoms with Crippen LogP contribution in [0.2, 0.25) is 0 Å². The first-order valence-corrected chi connectivity index (χ1v) is 30.2. The normalized spacial score (nSPS) is 14.3. The third-order valence-corrected chi connectivity index (χ3v) is 18.2. The van der Waals surface area contributed by atoms with Gasteiger partial charge in [-0.15, -0.1) is 0 Å². The number of hydrogen-bond acceptors (Lipinski definition) is 3. The van der Waals surface area contributed by atoms with E-state index in [1.165, 1.54) is 94.6 Å². The Morgan fingerprint density at radius 3 is 0.907 bits per heavy atom. The SMILES string of the molecule is c1ccc(-c2cccc(C3CCC(c4cc5cc(c4)-c4cccc(c4)-c4ccc(cc4)-c4cccc(c4)-c4ccc(cc4)-c4ccc6ccc7ccc(nc7c6n4)-c4ccc(cc4)-c4cccc(c4)-c4ccc(cc4)-c4cccc-5c4)CC3)c2)nc1. The van der Waals surface area contributed by atoms with Crippen LogP contribution >= 0.6 is 0 Å². The molecule has 3 nitrogen and oxygen atoms in total. The van der Waals surface area contributed by atoms with Gasteiger partial charge < -0.3 is 0 Å². The first-order valence-electron chi connectivity index (χ1n) is 30.2. The van der Waals surface area contributed by atoms with Crippen molar-refractivity contribution in [2.24, 2.45) is 0 Å². The monoisotopic (exact) mass is 1100 g/mol. The van der Waals surface area contributed by atoms with Gasteiger partial charge in [0, 0.05) is 33.7 Å². The van der Waals surface area contributed by atoms with Crippen molar-refractivity contribution >= 4 is 21.8 Å². The summed E-state index contributed by atoms with van der Waals surface area (Å²) in [5, 5.41) is 2.14. The molecule has 22 bridgehead atoms. The molecular formula is C83H59N3. The van der Waals surface area contributed by atoms with Gasteiger partial charge in [-0.2, -0.15) is 0 Å². The number of pyridine rings is 3. The summed E-state index contributed by atoms with van der Waals surface area (Å²) in [5.41, 5.74) is 30.0. The first-order chi connectivity index (χ1) is 42.5. The zero-order chi connectivity index (χ0) is 56.9. The highest BCUT2D eigenvalue weighted by molar-refractivity contribution is 6.04. The van der Waals surface area contributed by atoms with Crippen molar-refractivity contribution in [3.05, 3.63) is 309 Å². The molecule has 14 aromatic rings. The van der Waals surface area contributed by atoms with Gasteiger partial charge in [0.2, 0.25) is 0 Å². The van der Waals surface area contributed by atoms with Gasteiger partial charge in [-0.3, -0.25) is 4.98 Å². The fourth-order valence-corrected chi connectivity index (χ4v) is 13.4. The largest absolute Gasteiger partial charge is 0.256 e. The van der Waals surface area contributed by atoms with Crippen LogP contribution in [0.5, 0.6) is 0 Å². The Bertz CT molecular complexity index is 4590. The molecule has 86 heavy (non-hydrogen) atoms. The van der Waals surface area contributed by atoms with Gasteiger partial charge in [-0.05, 0) is 198 Å². The number of rotatable bonds is 3. The average Bonchev–Trinajstić information content (AvgIpc) is 3.20. The molecule has 11 aromatic carbocycles. The molecule has 0 amide bonds. The summed E-state index contributed by atoms with van der Waals surface area (Å²) in [6.07, 6.45) is 6.48. The predicted molar refractivity (Wildman–Crippen MR) is 359 cm³/mol. The third kappa shape index (κ3) is 9.97. The van der Waals surface area contributed by atoms with Crippen LogP contribution < -0.4 is 0 Å². The molecule has 22 rings (SSSR count). The second kappa shape index (κ2) is 21.9. The van der Waals surface area contributed by atoms with Crippen molar-refractivity contribution < 1.29 is 0 Å². The topological polar surface area (TPSA) is 38.7 Å². The molecule has 0 spiro atoms. The lowest BCUT2D eigenvalue weighted by Gasteiger charge is -2.30. The van der Waals surface area contributed by atoms with Crippen LogP contribution in [0.1, 0.15) is 48.6 Å². The second-order valence-electron chi connectivity index (χ2n) is 23.5. The smallest absolute Gasteiger partial charge is 0.0972 e. The number of aromatic nitrogens is 3. The highest BCUT2D eigenvalue weighted by atomic mass is 14.8. The third-order valence-electron chi connectivity index (χ3n) is 18.2. The molecule has 1 saturated carbocycles. The minimum atomic E-state index is 0.458. The van der Waals surface area contributed by atoms with Crippen LogP contribution in [0.3, 0.4) is 0 Å². The standard InChI is InChI=1S/C83H59N3/c1-2-45-84-79(18-1)75-17-7-14-72(50-75)58-27-29-61(30-28-58)76-51-77-53-78(52-76)74-16-6-13-71(49-74)57-25-21-55(22-26-57)67-9-4-11-69(47-67)60-33-37-63(38-34-60)81-44-42-65-40-39-64-41-43-80(85-82(64)83(65)86-81)62-35-31-59(32-36-62)68-10-3-8-66(46-68)54-19-23-56(24-20-54)70-12-5-15-73(77)48-70/h1-26,31-53,58,61H,27-30H2. The maximum absolute atomic E-state index is 5.30. The van der Waals surface area contributed by atoms with Crippen LogP contribution in [0, 0.1) is 0 Å². The van der Waals surface area contributed by atoms with Crippen LogP contribution in [-0.4, -0.2) is 15.0 Å². The van der Waals surface area contributed by atoms with Crippen LogP contribution in [0.4, 0.5) is 0 Å². The zero-order valence-electron chi connectivity index (χ0n) is 47.6. The molecule has 7 aliphatic heterocycles. The summed E-state index contributed by atoms with van der Waals surface area (Å²) in [6, 6.07) is 107. The van der Waals surface area contributed by atoms with Gasteiger partial charge in [-0.1, -0.05) is 231 Å². The maximum atomic E-state index is 5.30. The molecule has 8 aliphatic rings. The van der Waals surface area contributed by atoms with Crippen molar-refractivity contribution in [3.8, 4) is 123 Å². The van der Waals surface area contributed by atoms with E-state index in [2.05, 4.69) is 290 Å². The van der Waals surface area contributed by atoms with Gasteiger partial charge >= 0.3 is 0 Å². The molecule has 0 unspecified atom stereocenters. The molecule has 0 N–H and O–H groups in total. The summed E-state index contributed by atoms with van der Waals surface area (Å²) in [6.45, 7) is 0. The molecule has 1 aliphatic carbocycles. The zero-order valence-corrected chi connectivity index (χ0v) is 47.6. The van der Waals surface area contributed by atoms with Crippen molar-refractivity contribution in [2.45, 2.75) is 37.5 Å². The van der Waals surface area contributed by atoms with Gasteiger partial charge in [0.1, 0.15) is 0 Å². The molecule has 0 radical (unpaired) electrons. The molecule has 0 atom stereocenters. The molecule has 3 aromatic heterocycles. The molecular weight excluding hydrogens is 1040 g/mol. The molecule has 406 valence electrons. The van der Waals surface area contributed by atoms with E-state index < -0.39 is 0 Å². The van der Waals surface area contributed by atoms with E-state index in [1.54, 1.807) is 0 Å². The molecule has 3 heteroatoms. The average molecular weight is 1100 g/mol. The maximum Gasteiger partial charge on any atom is 0.0972 e. The van der Waals surface area contributed by atoms with E-state index in [9.17, 15) is 0 Å². The van der Waals surface area contributed by atoms with Crippen LogP contribution in [0.15, 0.2) is 297 Å². The van der Waals surface area contributed by atoms with E-state index in [0.717, 1.165) is 86.8 Å².